The summed E-state index contributed by atoms with van der Waals surface area (Å²) in [5, 5.41) is 11.0. The van der Waals surface area contributed by atoms with Crippen LogP contribution in [0.5, 0.6) is 0 Å². The average molecular weight is 437 g/mol. The molecule has 30 heavy (non-hydrogen) atoms. The van der Waals surface area contributed by atoms with Crippen LogP contribution in [0.2, 0.25) is 0 Å². The Morgan fingerprint density at radius 3 is 2.37 bits per heavy atom. The Labute approximate surface area is 179 Å². The molecule has 0 saturated carbocycles. The van der Waals surface area contributed by atoms with Crippen molar-refractivity contribution in [3.05, 3.63) is 83.7 Å². The largest absolute Gasteiger partial charge is 0.312 e. The minimum Gasteiger partial charge on any atom is -0.312 e. The van der Waals surface area contributed by atoms with Crippen LogP contribution in [0.1, 0.15) is 28.0 Å². The summed E-state index contributed by atoms with van der Waals surface area (Å²) in [6.45, 7) is 1.94. The minimum absolute atomic E-state index is 0.158. The van der Waals surface area contributed by atoms with Crippen molar-refractivity contribution in [2.75, 3.05) is 0 Å². The molecule has 4 aromatic rings. The number of aromatic nitrogens is 3. The Kier molecular flexibility index (Phi) is 4.65. The smallest absolute Gasteiger partial charge is 0.241 e. The van der Waals surface area contributed by atoms with Gasteiger partial charge in [0.1, 0.15) is 6.33 Å². The zero-order valence-electron chi connectivity index (χ0n) is 16.5. The summed E-state index contributed by atoms with van der Waals surface area (Å²) < 4.78 is 31.3. The highest BCUT2D eigenvalue weighted by Gasteiger charge is 2.38. The molecule has 1 heterocycles. The van der Waals surface area contributed by atoms with Crippen LogP contribution in [0.25, 0.3) is 10.8 Å². The van der Waals surface area contributed by atoms with E-state index in [9.17, 15) is 8.42 Å². The first-order valence-electron chi connectivity index (χ1n) is 9.55. The monoisotopic (exact) mass is 436 g/mol. The van der Waals surface area contributed by atoms with Crippen LogP contribution < -0.4 is 4.72 Å². The number of thioether (sulfide) groups is 1. The predicted molar refractivity (Wildman–Crippen MR) is 118 cm³/mol. The van der Waals surface area contributed by atoms with E-state index in [-0.39, 0.29) is 10.1 Å². The summed E-state index contributed by atoms with van der Waals surface area (Å²) in [6.07, 6.45) is 1.65. The van der Waals surface area contributed by atoms with Crippen molar-refractivity contribution in [1.29, 1.82) is 0 Å². The molecule has 1 N–H and O–H groups in total. The van der Waals surface area contributed by atoms with Gasteiger partial charge >= 0.3 is 0 Å². The zero-order chi connectivity index (χ0) is 20.9. The number of nitrogens with one attached hydrogen (secondary N) is 1. The van der Waals surface area contributed by atoms with Crippen LogP contribution >= 0.6 is 11.8 Å². The standard InChI is InChI=1S/C22H20N4O2S2/c1-14-9-11-16(12-10-14)30(27,28)25-20-17-7-3-5-15-6-4-8-18(19(15)17)21(20)29-22-24-23-13-26(22)2/h3-13,20-21,25H,1-2H3/t20-,21+/m1/s1. The van der Waals surface area contributed by atoms with Gasteiger partial charge < -0.3 is 4.57 Å². The predicted octanol–water partition coefficient (Wildman–Crippen LogP) is 4.14. The van der Waals surface area contributed by atoms with Gasteiger partial charge in [-0.3, -0.25) is 0 Å². The van der Waals surface area contributed by atoms with E-state index in [0.717, 1.165) is 32.6 Å². The Hall–Kier alpha value is -2.68. The van der Waals surface area contributed by atoms with Gasteiger partial charge in [0.05, 0.1) is 16.2 Å². The van der Waals surface area contributed by atoms with Crippen molar-refractivity contribution in [1.82, 2.24) is 19.5 Å². The van der Waals surface area contributed by atoms with Gasteiger partial charge in [0.25, 0.3) is 0 Å². The minimum atomic E-state index is -3.70. The summed E-state index contributed by atoms with van der Waals surface area (Å²) in [6, 6.07) is 18.7. The summed E-state index contributed by atoms with van der Waals surface area (Å²) in [5.74, 6) is 0. The molecule has 1 aliphatic rings. The summed E-state index contributed by atoms with van der Waals surface area (Å²) >= 11 is 1.52. The number of sulfonamides is 1. The summed E-state index contributed by atoms with van der Waals surface area (Å²) in [4.78, 5) is 0.263. The van der Waals surface area contributed by atoms with Gasteiger partial charge in [0.15, 0.2) is 5.16 Å². The highest BCUT2D eigenvalue weighted by Crippen LogP contribution is 2.52. The molecule has 2 atom stereocenters. The molecule has 5 rings (SSSR count). The maximum atomic E-state index is 13.2. The Morgan fingerprint density at radius 1 is 1.00 bits per heavy atom. The van der Waals surface area contributed by atoms with Crippen LogP contribution in [0, 0.1) is 6.92 Å². The lowest BCUT2D eigenvalue weighted by Gasteiger charge is -2.22. The normalized spacial score (nSPS) is 18.2. The molecule has 0 unspecified atom stereocenters. The van der Waals surface area contributed by atoms with E-state index in [1.807, 2.05) is 48.9 Å². The van der Waals surface area contributed by atoms with Gasteiger partial charge in [0.2, 0.25) is 10.0 Å². The molecule has 0 saturated heterocycles. The molecule has 0 bridgehead atoms. The molecule has 8 heteroatoms. The first-order chi connectivity index (χ1) is 14.4. The number of hydrogen-bond acceptors (Lipinski definition) is 5. The molecule has 0 amide bonds. The lowest BCUT2D eigenvalue weighted by molar-refractivity contribution is 0.557. The van der Waals surface area contributed by atoms with Crippen LogP contribution in [0.4, 0.5) is 0 Å². The van der Waals surface area contributed by atoms with Crippen LogP contribution in [0.3, 0.4) is 0 Å². The van der Waals surface area contributed by atoms with Gasteiger partial charge in [-0.15, -0.1) is 10.2 Å². The third kappa shape index (κ3) is 3.21. The van der Waals surface area contributed by atoms with E-state index in [1.54, 1.807) is 18.5 Å². The lowest BCUT2D eigenvalue weighted by atomic mass is 10.1. The molecule has 3 aromatic carbocycles. The van der Waals surface area contributed by atoms with Crippen molar-refractivity contribution < 1.29 is 8.42 Å². The molecule has 0 fully saturated rings. The number of hydrogen-bond donors (Lipinski definition) is 1. The molecule has 6 nitrogen and oxygen atoms in total. The molecular formula is C22H20N4O2S2. The molecule has 1 aliphatic carbocycles. The quantitative estimate of drug-likeness (QED) is 0.509. The van der Waals surface area contributed by atoms with E-state index in [1.165, 1.54) is 11.8 Å². The maximum absolute atomic E-state index is 13.2. The Morgan fingerprint density at radius 2 is 1.70 bits per heavy atom. The van der Waals surface area contributed by atoms with E-state index in [2.05, 4.69) is 33.1 Å². The molecule has 1 aromatic heterocycles. The van der Waals surface area contributed by atoms with Gasteiger partial charge in [0, 0.05) is 7.05 Å². The first kappa shape index (κ1) is 19.3. The molecule has 0 radical (unpaired) electrons. The van der Waals surface area contributed by atoms with Gasteiger partial charge in [-0.05, 0) is 41.0 Å². The van der Waals surface area contributed by atoms with Gasteiger partial charge in [-0.2, -0.15) is 0 Å². The van der Waals surface area contributed by atoms with Crippen molar-refractivity contribution in [3.8, 4) is 0 Å². The highest BCUT2D eigenvalue weighted by atomic mass is 32.2. The Balaban J connectivity index is 1.60. The second-order valence-electron chi connectivity index (χ2n) is 7.47. The van der Waals surface area contributed by atoms with E-state index >= 15 is 0 Å². The highest BCUT2D eigenvalue weighted by molar-refractivity contribution is 7.99. The first-order valence-corrected chi connectivity index (χ1v) is 11.9. The van der Waals surface area contributed by atoms with Crippen LogP contribution in [0.15, 0.2) is 77.0 Å². The number of benzene rings is 3. The van der Waals surface area contributed by atoms with Crippen molar-refractivity contribution in [3.63, 3.8) is 0 Å². The molecule has 0 spiro atoms. The van der Waals surface area contributed by atoms with Gasteiger partial charge in [-0.1, -0.05) is 65.9 Å². The fourth-order valence-corrected chi connectivity index (χ4v) is 6.46. The third-order valence-corrected chi connectivity index (χ3v) is 8.25. The zero-order valence-corrected chi connectivity index (χ0v) is 18.1. The van der Waals surface area contributed by atoms with Crippen LogP contribution in [-0.4, -0.2) is 23.2 Å². The summed E-state index contributed by atoms with van der Waals surface area (Å²) in [7, 11) is -1.82. The summed E-state index contributed by atoms with van der Waals surface area (Å²) in [5.41, 5.74) is 3.11. The van der Waals surface area contributed by atoms with E-state index < -0.39 is 16.1 Å². The van der Waals surface area contributed by atoms with Crippen molar-refractivity contribution in [2.24, 2.45) is 7.05 Å². The molecule has 0 aliphatic heterocycles. The number of nitrogens with zero attached hydrogens (tertiary/aromatic N) is 3. The van der Waals surface area contributed by atoms with Crippen LogP contribution in [-0.2, 0) is 17.1 Å². The fourth-order valence-electron chi connectivity index (χ4n) is 3.94. The maximum Gasteiger partial charge on any atom is 0.241 e. The number of rotatable bonds is 5. The molecular weight excluding hydrogens is 416 g/mol. The third-order valence-electron chi connectivity index (χ3n) is 5.43. The fraction of sp³-hybridized carbons (Fsp3) is 0.182. The van der Waals surface area contributed by atoms with E-state index in [0.29, 0.717) is 0 Å². The van der Waals surface area contributed by atoms with Crippen molar-refractivity contribution >= 4 is 32.6 Å². The van der Waals surface area contributed by atoms with Gasteiger partial charge in [-0.25, -0.2) is 13.1 Å². The van der Waals surface area contributed by atoms with Crippen molar-refractivity contribution in [2.45, 2.75) is 28.3 Å². The SMILES string of the molecule is Cc1ccc(S(=O)(=O)N[C@@H]2c3cccc4cccc(c34)[C@@H]2Sc2nncn2C)cc1. The number of aryl methyl sites for hydroxylation is 2. The van der Waals surface area contributed by atoms with E-state index in [4.69, 9.17) is 0 Å². The molecule has 152 valence electrons. The lowest BCUT2D eigenvalue weighted by Crippen LogP contribution is -2.30. The average Bonchev–Trinajstić information content (AvgIpc) is 3.26. The topological polar surface area (TPSA) is 76.9 Å². The second kappa shape index (κ2) is 7.23. The Bertz CT molecular complexity index is 1340. The second-order valence-corrected chi connectivity index (χ2v) is 10.3.